The SMILES string of the molecule is CCC(Oc1ccco1)S(=O)(=O)O. The Morgan fingerprint density at radius 3 is 2.77 bits per heavy atom. The number of furan rings is 1. The highest BCUT2D eigenvalue weighted by atomic mass is 32.2. The Morgan fingerprint density at radius 1 is 1.69 bits per heavy atom. The van der Waals surface area contributed by atoms with Gasteiger partial charge in [-0.15, -0.1) is 0 Å². The first-order valence-electron chi connectivity index (χ1n) is 3.70. The van der Waals surface area contributed by atoms with Crippen LogP contribution in [0.3, 0.4) is 0 Å². The molecule has 1 unspecified atom stereocenters. The van der Waals surface area contributed by atoms with E-state index in [-0.39, 0.29) is 12.4 Å². The molecular weight excluding hydrogens is 196 g/mol. The summed E-state index contributed by atoms with van der Waals surface area (Å²) in [4.78, 5) is 0. The third-order valence-electron chi connectivity index (χ3n) is 1.41. The van der Waals surface area contributed by atoms with Crippen molar-refractivity contribution >= 4 is 10.1 Å². The Balaban J connectivity index is 2.72. The maximum Gasteiger partial charge on any atom is 0.303 e. The predicted molar refractivity (Wildman–Crippen MR) is 45.0 cm³/mol. The molecule has 0 saturated heterocycles. The minimum atomic E-state index is -4.17. The lowest BCUT2D eigenvalue weighted by molar-refractivity contribution is 0.199. The van der Waals surface area contributed by atoms with Gasteiger partial charge >= 0.3 is 10.1 Å². The third-order valence-corrected chi connectivity index (χ3v) is 2.50. The molecule has 1 aromatic heterocycles. The van der Waals surface area contributed by atoms with Crippen LogP contribution in [0.4, 0.5) is 0 Å². The first-order chi connectivity index (χ1) is 6.04. The van der Waals surface area contributed by atoms with E-state index in [4.69, 9.17) is 13.7 Å². The average molecular weight is 206 g/mol. The molecule has 0 aliphatic carbocycles. The van der Waals surface area contributed by atoms with E-state index in [0.717, 1.165) is 0 Å². The van der Waals surface area contributed by atoms with Gasteiger partial charge in [-0.3, -0.25) is 4.55 Å². The fourth-order valence-electron chi connectivity index (χ4n) is 0.815. The van der Waals surface area contributed by atoms with E-state index in [0.29, 0.717) is 0 Å². The summed E-state index contributed by atoms with van der Waals surface area (Å²) in [6, 6.07) is 3.03. The molecule has 0 bridgehead atoms. The van der Waals surface area contributed by atoms with E-state index < -0.39 is 15.6 Å². The van der Waals surface area contributed by atoms with Gasteiger partial charge in [-0.25, -0.2) is 0 Å². The van der Waals surface area contributed by atoms with Crippen molar-refractivity contribution in [2.45, 2.75) is 18.8 Å². The zero-order valence-corrected chi connectivity index (χ0v) is 7.82. The lowest BCUT2D eigenvalue weighted by Gasteiger charge is -2.11. The molecule has 1 N–H and O–H groups in total. The van der Waals surface area contributed by atoms with Crippen LogP contribution in [0.15, 0.2) is 22.8 Å². The molecule has 1 rings (SSSR count). The van der Waals surface area contributed by atoms with Gasteiger partial charge in [0.1, 0.15) is 0 Å². The quantitative estimate of drug-likeness (QED) is 0.751. The van der Waals surface area contributed by atoms with Crippen LogP contribution >= 0.6 is 0 Å². The fourth-order valence-corrected chi connectivity index (χ4v) is 1.45. The van der Waals surface area contributed by atoms with Crippen LogP contribution in [0.5, 0.6) is 5.95 Å². The molecule has 13 heavy (non-hydrogen) atoms. The Labute approximate surface area is 76.1 Å². The molecule has 0 aliphatic heterocycles. The average Bonchev–Trinajstić information content (AvgIpc) is 2.49. The van der Waals surface area contributed by atoms with Crippen LogP contribution in [0.2, 0.25) is 0 Å². The van der Waals surface area contributed by atoms with Crippen molar-refractivity contribution in [3.05, 3.63) is 18.4 Å². The highest BCUT2D eigenvalue weighted by Crippen LogP contribution is 2.15. The topological polar surface area (TPSA) is 76.7 Å². The van der Waals surface area contributed by atoms with Gasteiger partial charge in [0, 0.05) is 6.07 Å². The number of ether oxygens (including phenoxy) is 1. The molecule has 0 spiro atoms. The molecule has 1 heterocycles. The molecule has 0 radical (unpaired) electrons. The first-order valence-corrected chi connectivity index (χ1v) is 5.21. The lowest BCUT2D eigenvalue weighted by atomic mass is 10.5. The van der Waals surface area contributed by atoms with Gasteiger partial charge < -0.3 is 9.15 Å². The normalized spacial score (nSPS) is 14.0. The van der Waals surface area contributed by atoms with Crippen molar-refractivity contribution in [3.63, 3.8) is 0 Å². The maximum atomic E-state index is 10.7. The first kappa shape index (κ1) is 10.1. The summed E-state index contributed by atoms with van der Waals surface area (Å²) in [5.41, 5.74) is -1.27. The van der Waals surface area contributed by atoms with Crippen LogP contribution in [0, 0.1) is 0 Å². The highest BCUT2D eigenvalue weighted by molar-refractivity contribution is 7.86. The van der Waals surface area contributed by atoms with Crippen LogP contribution in [0.25, 0.3) is 0 Å². The zero-order chi connectivity index (χ0) is 9.90. The summed E-state index contributed by atoms with van der Waals surface area (Å²) < 4.78 is 39.7. The van der Waals surface area contributed by atoms with E-state index in [9.17, 15) is 8.42 Å². The van der Waals surface area contributed by atoms with E-state index in [1.165, 1.54) is 12.3 Å². The molecule has 6 heteroatoms. The van der Waals surface area contributed by atoms with E-state index in [2.05, 4.69) is 0 Å². The minimum Gasteiger partial charge on any atom is -0.443 e. The molecule has 1 atom stereocenters. The Kier molecular flexibility index (Phi) is 2.94. The summed E-state index contributed by atoms with van der Waals surface area (Å²) in [5.74, 6) is 0.0736. The van der Waals surface area contributed by atoms with Gasteiger partial charge in [0.2, 0.25) is 5.44 Å². The fraction of sp³-hybridized carbons (Fsp3) is 0.429. The smallest absolute Gasteiger partial charge is 0.303 e. The standard InChI is InChI=1S/C7H10O5S/c1-2-7(13(8,9)10)12-6-4-3-5-11-6/h3-5,7H,2H2,1H3,(H,8,9,10). The summed E-state index contributed by atoms with van der Waals surface area (Å²) in [5, 5.41) is 0. The number of rotatable bonds is 4. The summed E-state index contributed by atoms with van der Waals surface area (Å²) >= 11 is 0. The van der Waals surface area contributed by atoms with Crippen LogP contribution in [-0.2, 0) is 10.1 Å². The monoisotopic (exact) mass is 206 g/mol. The van der Waals surface area contributed by atoms with Gasteiger partial charge in [-0.05, 0) is 12.5 Å². The second-order valence-corrected chi connectivity index (χ2v) is 3.96. The van der Waals surface area contributed by atoms with Crippen molar-refractivity contribution in [2.75, 3.05) is 0 Å². The molecular formula is C7H10O5S. The Bertz CT molecular complexity index is 339. The van der Waals surface area contributed by atoms with Gasteiger partial charge in [0.05, 0.1) is 6.26 Å². The van der Waals surface area contributed by atoms with E-state index >= 15 is 0 Å². The molecule has 0 amide bonds. The predicted octanol–water partition coefficient (Wildman–Crippen LogP) is 1.28. The lowest BCUT2D eigenvalue weighted by Crippen LogP contribution is -2.25. The van der Waals surface area contributed by atoms with Crippen LogP contribution in [-0.4, -0.2) is 18.4 Å². The molecule has 74 valence electrons. The third kappa shape index (κ3) is 2.74. The Morgan fingerprint density at radius 2 is 2.38 bits per heavy atom. The Hall–Kier alpha value is -1.01. The van der Waals surface area contributed by atoms with E-state index in [1.807, 2.05) is 0 Å². The molecule has 1 aromatic rings. The van der Waals surface area contributed by atoms with Crippen molar-refractivity contribution < 1.29 is 22.1 Å². The van der Waals surface area contributed by atoms with Crippen molar-refractivity contribution in [3.8, 4) is 5.95 Å². The zero-order valence-electron chi connectivity index (χ0n) is 7.00. The molecule has 5 nitrogen and oxygen atoms in total. The van der Waals surface area contributed by atoms with Crippen molar-refractivity contribution in [2.24, 2.45) is 0 Å². The van der Waals surface area contributed by atoms with Gasteiger partial charge in [0.25, 0.3) is 5.95 Å². The van der Waals surface area contributed by atoms with Crippen molar-refractivity contribution in [1.29, 1.82) is 0 Å². The number of hydrogen-bond donors (Lipinski definition) is 1. The van der Waals surface area contributed by atoms with Gasteiger partial charge in [-0.1, -0.05) is 6.92 Å². The van der Waals surface area contributed by atoms with Crippen LogP contribution in [0.1, 0.15) is 13.3 Å². The molecule has 0 saturated carbocycles. The van der Waals surface area contributed by atoms with E-state index in [1.54, 1.807) is 13.0 Å². The van der Waals surface area contributed by atoms with Crippen LogP contribution < -0.4 is 4.74 Å². The second-order valence-electron chi connectivity index (χ2n) is 2.40. The summed E-state index contributed by atoms with van der Waals surface area (Å²) in [7, 11) is -4.17. The maximum absolute atomic E-state index is 10.7. The summed E-state index contributed by atoms with van der Waals surface area (Å²) in [6.45, 7) is 1.58. The molecule has 0 fully saturated rings. The largest absolute Gasteiger partial charge is 0.443 e. The van der Waals surface area contributed by atoms with Crippen molar-refractivity contribution in [1.82, 2.24) is 0 Å². The molecule has 0 aliphatic rings. The summed E-state index contributed by atoms with van der Waals surface area (Å²) in [6.07, 6.45) is 1.51. The minimum absolute atomic E-state index is 0.0736. The highest BCUT2D eigenvalue weighted by Gasteiger charge is 2.23. The second kappa shape index (κ2) is 3.80. The van der Waals surface area contributed by atoms with Gasteiger partial charge in [-0.2, -0.15) is 8.42 Å². The van der Waals surface area contributed by atoms with Gasteiger partial charge in [0.15, 0.2) is 0 Å². The molecule has 0 aromatic carbocycles. The number of hydrogen-bond acceptors (Lipinski definition) is 4.